The fourth-order valence-electron chi connectivity index (χ4n) is 10.3. The Morgan fingerprint density at radius 3 is 2.35 bits per heavy atom. The third-order valence-corrected chi connectivity index (χ3v) is 17.7. The van der Waals surface area contributed by atoms with Crippen molar-refractivity contribution < 1.29 is 33.4 Å². The van der Waals surface area contributed by atoms with Gasteiger partial charge >= 0.3 is 0 Å². The molecule has 0 bridgehead atoms. The number of aliphatic hydroxyl groups is 1. The van der Waals surface area contributed by atoms with E-state index in [1.54, 1.807) is 55.5 Å². The van der Waals surface area contributed by atoms with Gasteiger partial charge in [0.05, 0.1) is 41.2 Å². The van der Waals surface area contributed by atoms with Crippen LogP contribution in [0.3, 0.4) is 0 Å². The monoisotopic (exact) mass is 1050 g/mol. The predicted molar refractivity (Wildman–Crippen MR) is 282 cm³/mol. The Bertz CT molecular complexity index is 2580. The third-order valence-electron chi connectivity index (χ3n) is 14.8. The van der Waals surface area contributed by atoms with Crippen LogP contribution in [-0.2, 0) is 20.9 Å². The molecule has 2 saturated carbocycles. The van der Waals surface area contributed by atoms with Gasteiger partial charge in [0.25, 0.3) is 11.8 Å². The van der Waals surface area contributed by atoms with Gasteiger partial charge in [0.2, 0.25) is 17.8 Å². The molecule has 4 fully saturated rings. The number of nitrogens with zero attached hydrogens (tertiary/aromatic N) is 6. The summed E-state index contributed by atoms with van der Waals surface area (Å²) in [5, 5.41) is 23.1. The molecule has 4 aliphatic rings. The molecule has 4 amide bonds. The summed E-state index contributed by atoms with van der Waals surface area (Å²) in [4.78, 5) is 75.5. The highest BCUT2D eigenvalue weighted by molar-refractivity contribution is 8.00. The van der Waals surface area contributed by atoms with E-state index in [2.05, 4.69) is 55.0 Å². The highest BCUT2D eigenvalue weighted by Gasteiger charge is 2.54. The smallest absolute Gasteiger partial charge is 0.258 e. The minimum Gasteiger partial charge on any atom is -0.495 e. The Morgan fingerprint density at radius 1 is 1.01 bits per heavy atom. The number of hydrogen-bond donors (Lipinski definition) is 5. The second kappa shape index (κ2) is 22.6. The summed E-state index contributed by atoms with van der Waals surface area (Å²) in [5.41, 5.74) is 3.82. The Morgan fingerprint density at radius 2 is 1.71 bits per heavy atom. The maximum atomic E-state index is 15.2. The van der Waals surface area contributed by atoms with E-state index in [1.165, 1.54) is 11.1 Å². The number of rotatable bonds is 18. The first-order chi connectivity index (χ1) is 34.4. The van der Waals surface area contributed by atoms with Crippen LogP contribution in [-0.4, -0.2) is 145 Å². The molecule has 4 aromatic rings. The number of aromatic nitrogens is 3. The number of methoxy groups -OCH3 is 1. The second-order valence-corrected chi connectivity index (χ2v) is 23.5. The number of likely N-dealkylation sites (tertiary alicyclic amines) is 1. The number of aryl methyl sites for hydroxylation is 1. The van der Waals surface area contributed by atoms with E-state index < -0.39 is 46.3 Å². The van der Waals surface area contributed by atoms with Gasteiger partial charge in [-0.25, -0.2) is 14.4 Å². The first kappa shape index (κ1) is 53.2. The largest absolute Gasteiger partial charge is 0.495 e. The highest BCUT2D eigenvalue weighted by Crippen LogP contribution is 2.42. The van der Waals surface area contributed by atoms with Crippen molar-refractivity contribution >= 4 is 75.8 Å². The van der Waals surface area contributed by atoms with Gasteiger partial charge in [-0.15, -0.1) is 11.3 Å². The Balaban J connectivity index is 0.831. The van der Waals surface area contributed by atoms with E-state index in [4.69, 9.17) is 16.3 Å². The van der Waals surface area contributed by atoms with E-state index in [0.717, 1.165) is 59.7 Å². The lowest BCUT2D eigenvalue weighted by Gasteiger charge is -2.46. The summed E-state index contributed by atoms with van der Waals surface area (Å²) in [5.74, 6) is 1.16. The van der Waals surface area contributed by atoms with Crippen molar-refractivity contribution in [1.82, 2.24) is 40.3 Å². The van der Waals surface area contributed by atoms with Gasteiger partial charge in [0.15, 0.2) is 5.67 Å². The summed E-state index contributed by atoms with van der Waals surface area (Å²) in [7, 11) is 3.28. The Labute approximate surface area is 435 Å². The van der Waals surface area contributed by atoms with Crippen LogP contribution in [0.4, 0.5) is 21.8 Å². The SMILES string of the molecule is CNc1nc(Nc2ccc(C(=O)N3C[C@@H](C)N(C[C@H]4CC[C@H](CSC(C)(C)C(NC(=O)C5(F)CC5)C(=O)N5CC(O)C[C@H]5C(=O)NCc5ccc(-c6scnc6C)cc5)CC4)[C@@H](C)C3)cc2OC)ncc1Cl. The predicted octanol–water partition coefficient (Wildman–Crippen LogP) is 7.47. The third kappa shape index (κ3) is 12.3. The fourth-order valence-corrected chi connectivity index (χ4v) is 12.6. The summed E-state index contributed by atoms with van der Waals surface area (Å²) >= 11 is 9.32. The molecule has 8 rings (SSSR count). The van der Waals surface area contributed by atoms with Crippen molar-refractivity contribution in [3.05, 3.63) is 76.0 Å². The molecule has 2 aromatic heterocycles. The number of carbonyl (C=O) groups excluding carboxylic acids is 4. The number of halogens is 2. The van der Waals surface area contributed by atoms with Crippen molar-refractivity contribution in [3.63, 3.8) is 0 Å². The number of thiazole rings is 1. The van der Waals surface area contributed by atoms with Crippen LogP contribution >= 0.6 is 34.7 Å². The van der Waals surface area contributed by atoms with Crippen molar-refractivity contribution in [1.29, 1.82) is 0 Å². The van der Waals surface area contributed by atoms with Crippen LogP contribution in [0.5, 0.6) is 5.75 Å². The molecule has 2 aromatic carbocycles. The minimum absolute atomic E-state index is 0.0563. The van der Waals surface area contributed by atoms with Crippen LogP contribution in [0.15, 0.2) is 54.2 Å². The van der Waals surface area contributed by atoms with E-state index in [1.807, 2.05) is 55.4 Å². The standard InChI is InChI=1S/C52H68ClFN10O6S2/c1-30-24-62(47(67)37-16-17-40(42(20-37)70-7)59-50-57-23-39(53)45(55-6)61-50)25-31(2)63(30)26-34-8-10-35(11-9-34)28-72-51(4,5)44(60-49(69)52(54)18-19-52)48(68)64-27-38(65)21-41(64)46(66)56-22-33-12-14-36(15-13-33)43-32(3)58-29-71-43/h12-17,20,23,29-31,34-35,38,41,44,65H,8-11,18-19,21-22,24-28H2,1-7H3,(H,56,66)(H,60,69)(H2,55,57,59,61)/t30-,31+,34-,35-,38?,41-,44?/m0/s1. The Hall–Kier alpha value is -5.08. The molecule has 5 N–H and O–H groups in total. The maximum Gasteiger partial charge on any atom is 0.258 e. The molecule has 4 heterocycles. The van der Waals surface area contributed by atoms with Gasteiger partial charge in [0, 0.05) is 68.6 Å². The molecule has 20 heteroatoms. The van der Waals surface area contributed by atoms with Crippen LogP contribution < -0.4 is 26.0 Å². The molecule has 388 valence electrons. The van der Waals surface area contributed by atoms with Crippen LogP contribution in [0.25, 0.3) is 10.4 Å². The number of thioether (sulfide) groups is 1. The maximum absolute atomic E-state index is 15.2. The van der Waals surface area contributed by atoms with Gasteiger partial charge in [0.1, 0.15) is 28.7 Å². The molecular formula is C52H68ClFN10O6S2. The van der Waals surface area contributed by atoms with Crippen LogP contribution in [0.2, 0.25) is 5.02 Å². The molecule has 2 aliphatic heterocycles. The molecule has 5 atom stereocenters. The summed E-state index contributed by atoms with van der Waals surface area (Å²) in [6.07, 6.45) is 4.95. The van der Waals surface area contributed by atoms with Crippen molar-refractivity contribution in [2.24, 2.45) is 11.8 Å². The number of ether oxygens (including phenoxy) is 1. The van der Waals surface area contributed by atoms with Gasteiger partial charge in [-0.05, 0) is 120 Å². The minimum atomic E-state index is -2.00. The van der Waals surface area contributed by atoms with Crippen LogP contribution in [0.1, 0.15) is 94.3 Å². The van der Waals surface area contributed by atoms with E-state index >= 15 is 4.39 Å². The summed E-state index contributed by atoms with van der Waals surface area (Å²) < 4.78 is 20.0. The number of nitrogens with one attached hydrogen (secondary N) is 4. The van der Waals surface area contributed by atoms with E-state index in [9.17, 15) is 24.3 Å². The first-order valence-corrected chi connectivity index (χ1v) is 27.2. The molecule has 0 radical (unpaired) electrons. The quantitative estimate of drug-likeness (QED) is 0.0660. The van der Waals surface area contributed by atoms with Crippen molar-refractivity contribution in [2.45, 2.75) is 127 Å². The number of carbonyl (C=O) groups is 4. The van der Waals surface area contributed by atoms with Gasteiger partial charge in [-0.2, -0.15) is 16.7 Å². The summed E-state index contributed by atoms with van der Waals surface area (Å²) in [6, 6.07) is 11.4. The second-order valence-electron chi connectivity index (χ2n) is 20.5. The molecule has 16 nitrogen and oxygen atoms in total. The number of β-amino-alcohol motifs (C(OH)–C–C–N with tert-alkyl or cyclic N) is 1. The lowest BCUT2D eigenvalue weighted by Crippen LogP contribution is -2.61. The van der Waals surface area contributed by atoms with Gasteiger partial charge < -0.3 is 40.9 Å². The lowest BCUT2D eigenvalue weighted by molar-refractivity contribution is -0.143. The number of amides is 4. The molecule has 72 heavy (non-hydrogen) atoms. The number of alkyl halides is 1. The molecule has 2 unspecified atom stereocenters. The highest BCUT2D eigenvalue weighted by atomic mass is 35.5. The first-order valence-electron chi connectivity index (χ1n) is 25.0. The van der Waals surface area contributed by atoms with E-state index in [-0.39, 0.29) is 50.3 Å². The van der Waals surface area contributed by atoms with E-state index in [0.29, 0.717) is 58.7 Å². The molecular weight excluding hydrogens is 979 g/mol. The van der Waals surface area contributed by atoms with Crippen LogP contribution in [0, 0.1) is 18.8 Å². The topological polar surface area (TPSA) is 194 Å². The average Bonchev–Trinajstić information content (AvgIpc) is 3.78. The van der Waals surface area contributed by atoms with Gasteiger partial charge in [-0.1, -0.05) is 35.9 Å². The van der Waals surface area contributed by atoms with Gasteiger partial charge in [-0.3, -0.25) is 24.1 Å². The average molecular weight is 1050 g/mol. The number of benzene rings is 2. The number of anilines is 3. The fraction of sp³-hybridized carbons (Fsp3) is 0.558. The number of aliphatic hydroxyl groups excluding tert-OH is 1. The number of piperazine rings is 1. The normalized spacial score (nSPS) is 23.5. The zero-order valence-corrected chi connectivity index (χ0v) is 44.6. The number of hydrogen-bond acceptors (Lipinski definition) is 14. The molecule has 0 spiro atoms. The summed E-state index contributed by atoms with van der Waals surface area (Å²) in [6.45, 7) is 12.4. The zero-order chi connectivity index (χ0) is 51.5. The van der Waals surface area contributed by atoms with Crippen molar-refractivity contribution in [2.75, 3.05) is 56.7 Å². The van der Waals surface area contributed by atoms with Crippen molar-refractivity contribution in [3.8, 4) is 16.2 Å². The lowest BCUT2D eigenvalue weighted by atomic mass is 9.82. The zero-order valence-electron chi connectivity index (χ0n) is 42.2. The Kier molecular flexibility index (Phi) is 16.7. The molecule has 2 saturated heterocycles. The molecule has 2 aliphatic carbocycles.